The Morgan fingerprint density at radius 3 is 1.16 bits per heavy atom. The monoisotopic (exact) mass is 636 g/mol. The minimum atomic E-state index is -2.68. The van der Waals surface area contributed by atoms with Gasteiger partial charge in [0.15, 0.2) is 0 Å². The average molecular weight is 637 g/mol. The molecule has 1 unspecified atom stereocenters. The molecule has 1 fully saturated rings. The summed E-state index contributed by atoms with van der Waals surface area (Å²) in [6.07, 6.45) is 0.955. The van der Waals surface area contributed by atoms with Crippen LogP contribution in [0.1, 0.15) is 54.9 Å². The second-order valence-corrected chi connectivity index (χ2v) is 23.6. The van der Waals surface area contributed by atoms with Crippen LogP contribution in [0.3, 0.4) is 0 Å². The number of methoxy groups -OCH3 is 1. The van der Waals surface area contributed by atoms with Gasteiger partial charge in [0.25, 0.3) is 16.6 Å². The van der Waals surface area contributed by atoms with E-state index in [-0.39, 0.29) is 21.6 Å². The van der Waals surface area contributed by atoms with Crippen LogP contribution in [-0.4, -0.2) is 42.6 Å². The summed E-state index contributed by atoms with van der Waals surface area (Å²) >= 11 is 0. The highest BCUT2D eigenvalue weighted by molar-refractivity contribution is 7.00. The highest BCUT2D eigenvalue weighted by atomic mass is 28.4. The van der Waals surface area contributed by atoms with E-state index >= 15 is 0 Å². The fraction of sp³-hybridized carbons (Fsp3) is 0.400. The van der Waals surface area contributed by atoms with Crippen LogP contribution in [0.5, 0.6) is 0 Å². The molecule has 4 aromatic rings. The van der Waals surface area contributed by atoms with Crippen molar-refractivity contribution in [2.75, 3.05) is 20.3 Å². The molecule has 0 N–H and O–H groups in total. The zero-order valence-corrected chi connectivity index (χ0v) is 30.5. The molecule has 0 spiro atoms. The van der Waals surface area contributed by atoms with Crippen LogP contribution < -0.4 is 20.7 Å². The standard InChI is InChI=1S/C40H52O3Si2/c1-38(2,3)44(33-21-13-9-14-22-33,34-23-15-10-16-24-34)42-30-32-29-40(7,41-8)37(32)31-43-45(39(4,5)6,35-25-17-11-18-26-35)36-27-19-12-20-28-36/h9-28,32,37H,29-31H2,1-8H3/t32-,37-,40?/m1/s1. The van der Waals surface area contributed by atoms with Gasteiger partial charge in [0.05, 0.1) is 5.60 Å². The van der Waals surface area contributed by atoms with Crippen LogP contribution in [0.25, 0.3) is 0 Å². The van der Waals surface area contributed by atoms with Crippen molar-refractivity contribution in [2.24, 2.45) is 11.8 Å². The Kier molecular flexibility index (Phi) is 9.79. The van der Waals surface area contributed by atoms with Crippen LogP contribution in [0.15, 0.2) is 121 Å². The Morgan fingerprint density at radius 1 is 0.556 bits per heavy atom. The molecule has 0 bridgehead atoms. The van der Waals surface area contributed by atoms with E-state index in [0.29, 0.717) is 19.1 Å². The second-order valence-electron chi connectivity index (χ2n) is 15.0. The summed E-state index contributed by atoms with van der Waals surface area (Å²) in [4.78, 5) is 0. The number of hydrogen-bond donors (Lipinski definition) is 0. The van der Waals surface area contributed by atoms with E-state index in [4.69, 9.17) is 13.6 Å². The van der Waals surface area contributed by atoms with Crippen LogP contribution in [-0.2, 0) is 13.6 Å². The largest absolute Gasteiger partial charge is 0.407 e. The molecule has 3 atom stereocenters. The molecular formula is C40H52O3Si2. The molecule has 0 saturated heterocycles. The van der Waals surface area contributed by atoms with Gasteiger partial charge in [0.2, 0.25) is 0 Å². The minimum Gasteiger partial charge on any atom is -0.407 e. The van der Waals surface area contributed by atoms with Gasteiger partial charge in [0.1, 0.15) is 0 Å². The van der Waals surface area contributed by atoms with Gasteiger partial charge in [-0.15, -0.1) is 0 Å². The van der Waals surface area contributed by atoms with Crippen LogP contribution in [0, 0.1) is 11.8 Å². The molecule has 238 valence electrons. The van der Waals surface area contributed by atoms with Crippen molar-refractivity contribution in [2.45, 2.75) is 70.6 Å². The molecule has 3 nitrogen and oxygen atoms in total. The van der Waals surface area contributed by atoms with Gasteiger partial charge in [-0.3, -0.25) is 0 Å². The number of rotatable bonds is 11. The molecular weight excluding hydrogens is 585 g/mol. The van der Waals surface area contributed by atoms with E-state index in [1.165, 1.54) is 20.7 Å². The first-order valence-corrected chi connectivity index (χ1v) is 20.3. The quantitative estimate of drug-likeness (QED) is 0.163. The first kappa shape index (κ1) is 33.6. The Bertz CT molecular complexity index is 1420. The molecule has 0 amide bonds. The molecule has 5 heteroatoms. The van der Waals surface area contributed by atoms with E-state index < -0.39 is 16.6 Å². The molecule has 0 aromatic heterocycles. The summed E-state index contributed by atoms with van der Waals surface area (Å²) in [5, 5.41) is 5.11. The van der Waals surface area contributed by atoms with Crippen molar-refractivity contribution in [3.8, 4) is 0 Å². The molecule has 0 aliphatic heterocycles. The van der Waals surface area contributed by atoms with Crippen molar-refractivity contribution in [1.82, 2.24) is 0 Å². The Balaban J connectivity index is 1.50. The van der Waals surface area contributed by atoms with Crippen molar-refractivity contribution in [1.29, 1.82) is 0 Å². The van der Waals surface area contributed by atoms with E-state index in [0.717, 1.165) is 6.42 Å². The van der Waals surface area contributed by atoms with Crippen LogP contribution in [0.2, 0.25) is 10.1 Å². The highest BCUT2D eigenvalue weighted by Crippen LogP contribution is 2.49. The minimum absolute atomic E-state index is 0.0646. The zero-order chi connectivity index (χ0) is 32.3. The first-order chi connectivity index (χ1) is 21.4. The normalized spacial score (nSPS) is 20.9. The van der Waals surface area contributed by atoms with Crippen LogP contribution >= 0.6 is 0 Å². The van der Waals surface area contributed by atoms with E-state index in [1.54, 1.807) is 0 Å². The van der Waals surface area contributed by atoms with E-state index in [1.807, 2.05) is 7.11 Å². The lowest BCUT2D eigenvalue weighted by Crippen LogP contribution is -2.69. The molecule has 4 aromatic carbocycles. The molecule has 1 saturated carbocycles. The van der Waals surface area contributed by atoms with Gasteiger partial charge in [-0.25, -0.2) is 0 Å². The maximum absolute atomic E-state index is 7.48. The number of hydrogen-bond acceptors (Lipinski definition) is 3. The lowest BCUT2D eigenvalue weighted by Gasteiger charge is -2.55. The summed E-state index contributed by atoms with van der Waals surface area (Å²) in [7, 11) is -3.47. The molecule has 45 heavy (non-hydrogen) atoms. The fourth-order valence-corrected chi connectivity index (χ4v) is 17.0. The SMILES string of the molecule is COC1(C)C[C@H](CO[Si](c2ccccc2)(c2ccccc2)C(C)(C)C)[C@H]1CO[Si](c1ccccc1)(c1ccccc1)C(C)(C)C. The third-order valence-electron chi connectivity index (χ3n) is 10.3. The van der Waals surface area contributed by atoms with Gasteiger partial charge in [-0.2, -0.15) is 0 Å². The van der Waals surface area contributed by atoms with E-state index in [9.17, 15) is 0 Å². The molecule has 1 aliphatic carbocycles. The van der Waals surface area contributed by atoms with Crippen molar-refractivity contribution in [3.63, 3.8) is 0 Å². The molecule has 5 rings (SSSR count). The Hall–Kier alpha value is -2.81. The second kappa shape index (κ2) is 13.1. The van der Waals surface area contributed by atoms with Gasteiger partial charge < -0.3 is 13.6 Å². The number of ether oxygens (including phenoxy) is 1. The summed E-state index contributed by atoms with van der Waals surface area (Å²) in [5.41, 5.74) is -0.259. The van der Waals surface area contributed by atoms with Crippen molar-refractivity contribution in [3.05, 3.63) is 121 Å². The highest BCUT2D eigenvalue weighted by Gasteiger charge is 2.57. The zero-order valence-electron chi connectivity index (χ0n) is 28.5. The van der Waals surface area contributed by atoms with Crippen molar-refractivity contribution >= 4 is 37.4 Å². The smallest absolute Gasteiger partial charge is 0.261 e. The maximum atomic E-state index is 7.48. The summed E-state index contributed by atoms with van der Waals surface area (Å²) in [6.45, 7) is 17.7. The third kappa shape index (κ3) is 6.18. The molecule has 1 aliphatic rings. The lowest BCUT2D eigenvalue weighted by atomic mass is 9.62. The Labute approximate surface area is 274 Å². The topological polar surface area (TPSA) is 27.7 Å². The van der Waals surface area contributed by atoms with Gasteiger partial charge in [0, 0.05) is 26.2 Å². The first-order valence-electron chi connectivity index (χ1n) is 16.4. The predicted molar refractivity (Wildman–Crippen MR) is 194 cm³/mol. The molecule has 0 heterocycles. The van der Waals surface area contributed by atoms with E-state index in [2.05, 4.69) is 170 Å². The number of benzene rings is 4. The predicted octanol–water partition coefficient (Wildman–Crippen LogP) is 7.18. The molecule has 0 radical (unpaired) electrons. The van der Waals surface area contributed by atoms with Gasteiger partial charge in [-0.1, -0.05) is 163 Å². The summed E-state index contributed by atoms with van der Waals surface area (Å²) in [5.74, 6) is 0.539. The lowest BCUT2D eigenvalue weighted by molar-refractivity contribution is -0.169. The summed E-state index contributed by atoms with van der Waals surface area (Å²) in [6, 6.07) is 43.8. The average Bonchev–Trinajstić information content (AvgIpc) is 3.03. The maximum Gasteiger partial charge on any atom is 0.261 e. The van der Waals surface area contributed by atoms with Gasteiger partial charge >= 0.3 is 0 Å². The third-order valence-corrected chi connectivity index (χ3v) is 20.3. The van der Waals surface area contributed by atoms with Crippen molar-refractivity contribution < 1.29 is 13.6 Å². The summed E-state index contributed by atoms with van der Waals surface area (Å²) < 4.78 is 21.2. The Morgan fingerprint density at radius 2 is 0.867 bits per heavy atom. The van der Waals surface area contributed by atoms with Crippen LogP contribution in [0.4, 0.5) is 0 Å². The van der Waals surface area contributed by atoms with Gasteiger partial charge in [-0.05, 0) is 50.1 Å². The fourth-order valence-electron chi connectivity index (χ4n) is 7.84.